The fraction of sp³-hybridized carbons (Fsp3) is 0.500. The van der Waals surface area contributed by atoms with Gasteiger partial charge in [0.1, 0.15) is 11.6 Å². The van der Waals surface area contributed by atoms with Gasteiger partial charge in [-0.3, -0.25) is 0 Å². The molecule has 1 rings (SSSR count). The molecule has 0 heterocycles. The molecule has 0 aliphatic rings. The Morgan fingerprint density at radius 1 is 1.27 bits per heavy atom. The van der Waals surface area contributed by atoms with Gasteiger partial charge in [0.25, 0.3) is 0 Å². The van der Waals surface area contributed by atoms with Crippen molar-refractivity contribution >= 4 is 13.3 Å². The van der Waals surface area contributed by atoms with E-state index in [1.54, 1.807) is 6.07 Å². The van der Waals surface area contributed by atoms with E-state index in [2.05, 4.69) is 26.6 Å². The van der Waals surface area contributed by atoms with E-state index in [-0.39, 0.29) is 5.82 Å². The van der Waals surface area contributed by atoms with Crippen LogP contribution in [-0.2, 0) is 0 Å². The summed E-state index contributed by atoms with van der Waals surface area (Å²) in [5.41, 5.74) is 0. The Morgan fingerprint density at radius 3 is 2.47 bits per heavy atom. The zero-order chi connectivity index (χ0) is 11.5. The zero-order valence-corrected chi connectivity index (χ0v) is 10.9. The molecule has 1 nitrogen and oxygen atoms in total. The number of ether oxygens (including phenoxy) is 1. The Morgan fingerprint density at radius 2 is 1.93 bits per heavy atom. The molecular formula is C12H19FOSi. The maximum absolute atomic E-state index is 13.6. The molecule has 0 atom stereocenters. The monoisotopic (exact) mass is 226 g/mol. The van der Waals surface area contributed by atoms with Crippen LogP contribution in [-0.4, -0.2) is 14.7 Å². The number of hydrogen-bond donors (Lipinski definition) is 0. The van der Waals surface area contributed by atoms with Crippen LogP contribution in [0.2, 0.25) is 19.6 Å². The molecule has 1 aromatic rings. The van der Waals surface area contributed by atoms with Gasteiger partial charge in [0.05, 0.1) is 14.7 Å². The molecule has 84 valence electrons. The van der Waals surface area contributed by atoms with Crippen LogP contribution in [0.25, 0.3) is 0 Å². The van der Waals surface area contributed by atoms with E-state index in [1.165, 1.54) is 6.07 Å². The molecule has 0 aromatic heterocycles. The van der Waals surface area contributed by atoms with E-state index >= 15 is 0 Å². The minimum absolute atomic E-state index is 0.0991. The second-order valence-electron chi connectivity index (χ2n) is 4.74. The molecular weight excluding hydrogens is 207 g/mol. The number of benzene rings is 1. The highest BCUT2D eigenvalue weighted by Gasteiger charge is 2.21. The minimum atomic E-state index is -1.60. The van der Waals surface area contributed by atoms with Crippen molar-refractivity contribution in [2.24, 2.45) is 0 Å². The van der Waals surface area contributed by atoms with Gasteiger partial charge in [-0.2, -0.15) is 0 Å². The molecule has 1 aromatic carbocycles. The topological polar surface area (TPSA) is 9.23 Å². The van der Waals surface area contributed by atoms with Crippen molar-refractivity contribution in [3.63, 3.8) is 0 Å². The van der Waals surface area contributed by atoms with Crippen LogP contribution in [0.1, 0.15) is 13.3 Å². The van der Waals surface area contributed by atoms with Gasteiger partial charge in [0.15, 0.2) is 0 Å². The molecule has 0 radical (unpaired) electrons. The van der Waals surface area contributed by atoms with Crippen molar-refractivity contribution in [3.8, 4) is 5.75 Å². The highest BCUT2D eigenvalue weighted by molar-refractivity contribution is 6.88. The van der Waals surface area contributed by atoms with Gasteiger partial charge in [-0.25, -0.2) is 4.39 Å². The van der Waals surface area contributed by atoms with Crippen molar-refractivity contribution in [1.29, 1.82) is 0 Å². The summed E-state index contributed by atoms with van der Waals surface area (Å²) in [5, 5.41) is 0.844. The lowest BCUT2D eigenvalue weighted by molar-refractivity contribution is 0.317. The summed E-state index contributed by atoms with van der Waals surface area (Å²) in [6.45, 7) is 9.15. The third-order valence-electron chi connectivity index (χ3n) is 2.22. The Hall–Kier alpha value is -0.833. The quantitative estimate of drug-likeness (QED) is 0.717. The summed E-state index contributed by atoms with van der Waals surface area (Å²) in [5.74, 6) is 0.689. The first-order valence-electron chi connectivity index (χ1n) is 5.38. The average Bonchev–Trinajstić information content (AvgIpc) is 2.15. The van der Waals surface area contributed by atoms with Crippen molar-refractivity contribution < 1.29 is 9.13 Å². The smallest absolute Gasteiger partial charge is 0.122 e. The van der Waals surface area contributed by atoms with Crippen molar-refractivity contribution in [2.45, 2.75) is 33.0 Å². The first-order valence-corrected chi connectivity index (χ1v) is 8.88. The fourth-order valence-electron chi connectivity index (χ4n) is 1.39. The molecule has 0 spiro atoms. The van der Waals surface area contributed by atoms with Crippen molar-refractivity contribution in [3.05, 3.63) is 24.0 Å². The standard InChI is InChI=1S/C12H19FOSi/c1-5-8-14-10-6-7-11(13)12(9-10)15(2,3)4/h6-7,9H,5,8H2,1-4H3. The Labute approximate surface area is 92.3 Å². The lowest BCUT2D eigenvalue weighted by Gasteiger charge is -2.18. The van der Waals surface area contributed by atoms with Gasteiger partial charge >= 0.3 is 0 Å². The molecule has 0 aliphatic carbocycles. The van der Waals surface area contributed by atoms with E-state index in [0.29, 0.717) is 6.61 Å². The minimum Gasteiger partial charge on any atom is -0.494 e. The number of halogens is 1. The molecule has 0 unspecified atom stereocenters. The van der Waals surface area contributed by atoms with E-state index in [4.69, 9.17) is 4.74 Å². The van der Waals surface area contributed by atoms with Crippen LogP contribution in [0.4, 0.5) is 4.39 Å². The molecule has 3 heteroatoms. The summed E-state index contributed by atoms with van der Waals surface area (Å²) >= 11 is 0. The molecule has 0 N–H and O–H groups in total. The van der Waals surface area contributed by atoms with Crippen LogP contribution in [0, 0.1) is 5.82 Å². The third kappa shape index (κ3) is 3.34. The van der Waals surface area contributed by atoms with Crippen LogP contribution < -0.4 is 9.92 Å². The van der Waals surface area contributed by atoms with Gasteiger partial charge < -0.3 is 4.74 Å². The van der Waals surface area contributed by atoms with E-state index in [1.807, 2.05) is 6.07 Å². The predicted molar refractivity (Wildman–Crippen MR) is 65.2 cm³/mol. The van der Waals surface area contributed by atoms with Gasteiger partial charge in [0.2, 0.25) is 0 Å². The summed E-state index contributed by atoms with van der Waals surface area (Å²) < 4.78 is 19.1. The maximum Gasteiger partial charge on any atom is 0.122 e. The van der Waals surface area contributed by atoms with Crippen molar-refractivity contribution in [1.82, 2.24) is 0 Å². The van der Waals surface area contributed by atoms with Gasteiger partial charge in [0, 0.05) is 0 Å². The van der Waals surface area contributed by atoms with E-state index in [0.717, 1.165) is 17.4 Å². The normalized spacial score (nSPS) is 11.5. The number of rotatable bonds is 4. The van der Waals surface area contributed by atoms with E-state index < -0.39 is 8.07 Å². The second kappa shape index (κ2) is 4.79. The fourth-order valence-corrected chi connectivity index (χ4v) is 2.76. The van der Waals surface area contributed by atoms with Gasteiger partial charge in [-0.05, 0) is 29.8 Å². The van der Waals surface area contributed by atoms with Crippen LogP contribution >= 0.6 is 0 Å². The molecule has 0 aliphatic heterocycles. The predicted octanol–water partition coefficient (Wildman–Crippen LogP) is 3.16. The molecule has 0 saturated heterocycles. The first-order chi connectivity index (χ1) is 6.95. The Bertz CT molecular complexity index is 331. The summed E-state index contributed by atoms with van der Waals surface area (Å²) in [6.07, 6.45) is 0.972. The van der Waals surface area contributed by atoms with Gasteiger partial charge in [-0.1, -0.05) is 26.6 Å². The average molecular weight is 226 g/mol. The molecule has 15 heavy (non-hydrogen) atoms. The van der Waals surface area contributed by atoms with Crippen LogP contribution in [0.15, 0.2) is 18.2 Å². The molecule has 0 fully saturated rings. The summed E-state index contributed by atoms with van der Waals surface area (Å²) in [4.78, 5) is 0. The molecule has 0 amide bonds. The lowest BCUT2D eigenvalue weighted by Crippen LogP contribution is -2.39. The first kappa shape index (κ1) is 12.2. The molecule has 0 bridgehead atoms. The lowest BCUT2D eigenvalue weighted by atomic mass is 10.3. The second-order valence-corrected chi connectivity index (χ2v) is 9.78. The van der Waals surface area contributed by atoms with Gasteiger partial charge in [-0.15, -0.1) is 0 Å². The summed E-state index contributed by atoms with van der Waals surface area (Å²) in [6, 6.07) is 5.07. The largest absolute Gasteiger partial charge is 0.494 e. The number of hydrogen-bond acceptors (Lipinski definition) is 1. The highest BCUT2D eigenvalue weighted by Crippen LogP contribution is 2.14. The molecule has 0 saturated carbocycles. The van der Waals surface area contributed by atoms with E-state index in [9.17, 15) is 4.39 Å². The Kier molecular flexibility index (Phi) is 3.91. The zero-order valence-electron chi connectivity index (χ0n) is 9.93. The summed E-state index contributed by atoms with van der Waals surface area (Å²) in [7, 11) is -1.60. The van der Waals surface area contributed by atoms with Crippen LogP contribution in [0.3, 0.4) is 0 Å². The van der Waals surface area contributed by atoms with Crippen molar-refractivity contribution in [2.75, 3.05) is 6.61 Å². The highest BCUT2D eigenvalue weighted by atomic mass is 28.3. The maximum atomic E-state index is 13.6. The third-order valence-corrected chi connectivity index (χ3v) is 4.22. The SMILES string of the molecule is CCCOc1ccc(F)c([Si](C)(C)C)c1. The Balaban J connectivity index is 2.95. The van der Waals surface area contributed by atoms with Crippen LogP contribution in [0.5, 0.6) is 5.75 Å².